The van der Waals surface area contributed by atoms with Gasteiger partial charge in [0.05, 0.1) is 21.8 Å². The lowest BCUT2D eigenvalue weighted by Crippen LogP contribution is -2.36. The molecule has 2 aromatic rings. The van der Waals surface area contributed by atoms with Gasteiger partial charge in [0.25, 0.3) is 0 Å². The second kappa shape index (κ2) is 4.62. The third-order valence-electron chi connectivity index (χ3n) is 4.93. The van der Waals surface area contributed by atoms with Crippen LogP contribution in [0.2, 0.25) is 0 Å². The van der Waals surface area contributed by atoms with Crippen molar-refractivity contribution in [2.24, 2.45) is 5.92 Å². The molecule has 116 valence electrons. The Kier molecular flexibility index (Phi) is 2.91. The van der Waals surface area contributed by atoms with Gasteiger partial charge in [0.2, 0.25) is 0 Å². The van der Waals surface area contributed by atoms with E-state index >= 15 is 0 Å². The highest BCUT2D eigenvalue weighted by atomic mass is 32.2. The summed E-state index contributed by atoms with van der Waals surface area (Å²) in [5, 5.41) is 3.61. The van der Waals surface area contributed by atoms with Crippen LogP contribution >= 0.6 is 0 Å². The average Bonchev–Trinajstić information content (AvgIpc) is 2.86. The number of aromatic nitrogens is 3. The third-order valence-corrected chi connectivity index (χ3v) is 7.64. The lowest BCUT2D eigenvalue weighted by atomic mass is 9.91. The maximum Gasteiger partial charge on any atom is 0.169 e. The summed E-state index contributed by atoms with van der Waals surface area (Å²) in [6.07, 6.45) is 5.58. The van der Waals surface area contributed by atoms with E-state index in [1.807, 2.05) is 13.0 Å². The molecule has 2 aromatic heterocycles. The second-order valence-electron chi connectivity index (χ2n) is 6.37. The second-order valence-corrected chi connectivity index (χ2v) is 8.89. The highest BCUT2D eigenvalue weighted by Gasteiger charge is 2.48. The molecule has 2 fully saturated rings. The first kappa shape index (κ1) is 13.9. The van der Waals surface area contributed by atoms with E-state index < -0.39 is 9.84 Å². The maximum absolute atomic E-state index is 12.7. The van der Waals surface area contributed by atoms with Crippen LogP contribution in [0.4, 0.5) is 0 Å². The third kappa shape index (κ3) is 1.99. The van der Waals surface area contributed by atoms with Gasteiger partial charge in [-0.1, -0.05) is 0 Å². The Hall–Kier alpha value is -1.76. The van der Waals surface area contributed by atoms with Gasteiger partial charge in [-0.3, -0.25) is 4.79 Å². The number of carbonyl (C=O) groups excluding carboxylic acids is 1. The molecule has 0 spiro atoms. The van der Waals surface area contributed by atoms with Crippen molar-refractivity contribution in [2.75, 3.05) is 0 Å². The Balaban J connectivity index is 1.64. The fraction of sp³-hybridized carbons (Fsp3) is 0.533. The predicted octanol–water partition coefficient (Wildman–Crippen LogP) is 1.58. The van der Waals surface area contributed by atoms with Crippen molar-refractivity contribution in [3.05, 3.63) is 29.7 Å². The number of sulfone groups is 1. The lowest BCUT2D eigenvalue weighted by Gasteiger charge is -2.26. The van der Waals surface area contributed by atoms with E-state index in [0.29, 0.717) is 36.9 Å². The normalized spacial score (nSPS) is 29.8. The van der Waals surface area contributed by atoms with Gasteiger partial charge in [-0.15, -0.1) is 0 Å². The number of hydrogen-bond acceptors (Lipinski definition) is 5. The number of ketones is 1. The van der Waals surface area contributed by atoms with Crippen LogP contribution in [0.5, 0.6) is 0 Å². The summed E-state index contributed by atoms with van der Waals surface area (Å²) in [4.78, 5) is 17.0. The van der Waals surface area contributed by atoms with Crippen LogP contribution in [0.25, 0.3) is 5.65 Å². The van der Waals surface area contributed by atoms with Crippen LogP contribution < -0.4 is 0 Å². The van der Waals surface area contributed by atoms with Crippen molar-refractivity contribution in [2.45, 2.75) is 43.1 Å². The minimum atomic E-state index is -2.99. The van der Waals surface area contributed by atoms with Crippen molar-refractivity contribution < 1.29 is 13.2 Å². The monoisotopic (exact) mass is 319 g/mol. The molecule has 2 atom stereocenters. The van der Waals surface area contributed by atoms with Gasteiger partial charge in [-0.2, -0.15) is 5.10 Å². The fourth-order valence-corrected chi connectivity index (χ4v) is 6.25. The molecule has 0 amide bonds. The molecule has 0 aromatic carbocycles. The molecule has 2 unspecified atom stereocenters. The van der Waals surface area contributed by atoms with Gasteiger partial charge < -0.3 is 0 Å². The van der Waals surface area contributed by atoms with Crippen LogP contribution in [0.15, 0.2) is 18.5 Å². The van der Waals surface area contributed by atoms with E-state index in [4.69, 9.17) is 0 Å². The van der Waals surface area contributed by atoms with Crippen molar-refractivity contribution >= 4 is 21.3 Å². The molecule has 2 aliphatic heterocycles. The summed E-state index contributed by atoms with van der Waals surface area (Å²) in [6.45, 7) is 1.87. The van der Waals surface area contributed by atoms with Crippen LogP contribution in [0, 0.1) is 12.8 Å². The smallest absolute Gasteiger partial charge is 0.169 e. The van der Waals surface area contributed by atoms with Crippen LogP contribution in [0.1, 0.15) is 41.7 Å². The Morgan fingerprint density at radius 1 is 1.27 bits per heavy atom. The minimum absolute atomic E-state index is 0.00523. The summed E-state index contributed by atoms with van der Waals surface area (Å²) < 4.78 is 25.8. The highest BCUT2D eigenvalue weighted by molar-refractivity contribution is 7.93. The summed E-state index contributed by atoms with van der Waals surface area (Å²) in [5.41, 5.74) is 2.07. The van der Waals surface area contributed by atoms with Gasteiger partial charge in [0, 0.05) is 24.4 Å². The van der Waals surface area contributed by atoms with Gasteiger partial charge >= 0.3 is 0 Å². The molecule has 4 heterocycles. The molecular weight excluding hydrogens is 302 g/mol. The Labute approximate surface area is 128 Å². The first-order valence-corrected chi connectivity index (χ1v) is 9.15. The summed E-state index contributed by atoms with van der Waals surface area (Å²) in [5.74, 6) is -0.216. The summed E-state index contributed by atoms with van der Waals surface area (Å²) >= 11 is 0. The molecule has 7 heteroatoms. The molecule has 0 radical (unpaired) electrons. The van der Waals surface area contributed by atoms with E-state index in [1.54, 1.807) is 16.9 Å². The number of rotatable bonds is 2. The van der Waals surface area contributed by atoms with Gasteiger partial charge in [0.1, 0.15) is 0 Å². The number of hydrogen-bond donors (Lipinski definition) is 0. The molecule has 2 saturated heterocycles. The van der Waals surface area contributed by atoms with E-state index in [9.17, 15) is 13.2 Å². The van der Waals surface area contributed by atoms with Gasteiger partial charge in [-0.25, -0.2) is 17.9 Å². The minimum Gasteiger partial charge on any atom is -0.294 e. The zero-order chi connectivity index (χ0) is 15.5. The fourth-order valence-electron chi connectivity index (χ4n) is 3.78. The first-order valence-electron chi connectivity index (χ1n) is 7.54. The van der Waals surface area contributed by atoms with Gasteiger partial charge in [0.15, 0.2) is 21.3 Å². The van der Waals surface area contributed by atoms with E-state index in [2.05, 4.69) is 10.1 Å². The quantitative estimate of drug-likeness (QED) is 0.785. The van der Waals surface area contributed by atoms with Crippen molar-refractivity contribution in [1.82, 2.24) is 14.6 Å². The van der Waals surface area contributed by atoms with Crippen LogP contribution in [-0.2, 0) is 9.84 Å². The topological polar surface area (TPSA) is 81.4 Å². The van der Waals surface area contributed by atoms with E-state index in [0.717, 1.165) is 5.69 Å². The van der Waals surface area contributed by atoms with Crippen molar-refractivity contribution in [1.29, 1.82) is 0 Å². The Morgan fingerprint density at radius 2 is 1.95 bits per heavy atom. The number of carbonyl (C=O) groups is 1. The zero-order valence-electron chi connectivity index (χ0n) is 12.3. The zero-order valence-corrected chi connectivity index (χ0v) is 13.1. The molecule has 6 nitrogen and oxygen atoms in total. The standard InChI is InChI=1S/C15H17N3O3S/c1-9-4-14-16-7-11(8-18(14)17-9)15(19)10-5-12-2-3-13(6-10)22(12,20)21/h4,7-8,10,12-13H,2-3,5-6H2,1H3. The number of aryl methyl sites for hydroxylation is 1. The molecule has 4 rings (SSSR count). The van der Waals surface area contributed by atoms with Crippen LogP contribution in [-0.4, -0.2) is 39.3 Å². The average molecular weight is 319 g/mol. The molecule has 0 aliphatic carbocycles. The number of Topliss-reactive ketones (excluding diaryl/α,β-unsaturated/α-hetero) is 1. The molecule has 2 aliphatic rings. The SMILES string of the molecule is Cc1cc2ncc(C(=O)C3CC4CCC(C3)S4(=O)=O)cn2n1. The lowest BCUT2D eigenvalue weighted by molar-refractivity contribution is 0.0904. The molecular formula is C15H17N3O3S. The van der Waals surface area contributed by atoms with E-state index in [-0.39, 0.29) is 22.2 Å². The first-order chi connectivity index (χ1) is 10.4. The molecule has 0 saturated carbocycles. The van der Waals surface area contributed by atoms with Crippen LogP contribution in [0.3, 0.4) is 0 Å². The molecule has 22 heavy (non-hydrogen) atoms. The number of fused-ring (bicyclic) bond motifs is 3. The Bertz CT molecular complexity index is 851. The maximum atomic E-state index is 12.7. The van der Waals surface area contributed by atoms with Crippen molar-refractivity contribution in [3.8, 4) is 0 Å². The summed E-state index contributed by atoms with van der Waals surface area (Å²) in [7, 11) is -2.99. The predicted molar refractivity (Wildman–Crippen MR) is 80.5 cm³/mol. The van der Waals surface area contributed by atoms with Gasteiger partial charge in [-0.05, 0) is 32.6 Å². The summed E-state index contributed by atoms with van der Waals surface area (Å²) in [6, 6.07) is 1.85. The molecule has 2 bridgehead atoms. The van der Waals surface area contributed by atoms with Crippen molar-refractivity contribution in [3.63, 3.8) is 0 Å². The number of nitrogens with zero attached hydrogens (tertiary/aromatic N) is 3. The largest absolute Gasteiger partial charge is 0.294 e. The van der Waals surface area contributed by atoms with E-state index in [1.165, 1.54) is 0 Å². The molecule has 0 N–H and O–H groups in total. The highest BCUT2D eigenvalue weighted by Crippen LogP contribution is 2.42. The Morgan fingerprint density at radius 3 is 2.64 bits per heavy atom.